The van der Waals surface area contributed by atoms with E-state index in [0.29, 0.717) is 0 Å². The van der Waals surface area contributed by atoms with Gasteiger partial charge in [-0.15, -0.1) is 10.2 Å². The first-order chi connectivity index (χ1) is 5.27. The second-order valence-electron chi connectivity index (χ2n) is 2.37. The average molecular weight is 212 g/mol. The highest BCUT2D eigenvalue weighted by atomic mass is 79.9. The van der Waals surface area contributed by atoms with Crippen LogP contribution in [-0.4, -0.2) is 14.8 Å². The molecule has 4 heteroatoms. The fraction of sp³-hybridized carbons (Fsp3) is 0.143. The van der Waals surface area contributed by atoms with Crippen LogP contribution in [0.15, 0.2) is 22.9 Å². The van der Waals surface area contributed by atoms with Gasteiger partial charge in [0, 0.05) is 18.6 Å². The molecule has 11 heavy (non-hydrogen) atoms. The molecule has 0 aliphatic carbocycles. The summed E-state index contributed by atoms with van der Waals surface area (Å²) < 4.78 is 2.71. The summed E-state index contributed by atoms with van der Waals surface area (Å²) >= 11 is 3.26. The molecule has 0 aromatic carbocycles. The molecule has 0 unspecified atom stereocenters. The van der Waals surface area contributed by atoms with E-state index < -0.39 is 0 Å². The normalized spacial score (nSPS) is 10.7. The summed E-state index contributed by atoms with van der Waals surface area (Å²) in [7, 11) is 1.95. The standard InChI is InChI=1S/C7H6BrN3/c1-11-3-2-5-4-6(8)9-10-7(5)11/h2-4H,1H3. The number of hydrogen-bond acceptors (Lipinski definition) is 2. The van der Waals surface area contributed by atoms with Crippen LogP contribution in [0.1, 0.15) is 0 Å². The zero-order chi connectivity index (χ0) is 7.84. The minimum absolute atomic E-state index is 0.774. The lowest BCUT2D eigenvalue weighted by Gasteiger charge is -1.92. The number of nitrogens with zero attached hydrogens (tertiary/aromatic N) is 3. The summed E-state index contributed by atoms with van der Waals surface area (Å²) in [5.41, 5.74) is 0.910. The summed E-state index contributed by atoms with van der Waals surface area (Å²) in [5.74, 6) is 0. The third-order valence-electron chi connectivity index (χ3n) is 1.58. The molecule has 0 fully saturated rings. The predicted octanol–water partition coefficient (Wildman–Crippen LogP) is 1.73. The van der Waals surface area contributed by atoms with E-state index in [9.17, 15) is 0 Å². The molecule has 2 aromatic heterocycles. The molecule has 2 aromatic rings. The van der Waals surface area contributed by atoms with Crippen LogP contribution in [0.5, 0.6) is 0 Å². The fourth-order valence-corrected chi connectivity index (χ4v) is 1.36. The lowest BCUT2D eigenvalue weighted by atomic mass is 10.4. The molecule has 2 heterocycles. The van der Waals surface area contributed by atoms with Crippen LogP contribution < -0.4 is 0 Å². The van der Waals surface area contributed by atoms with Gasteiger partial charge >= 0.3 is 0 Å². The van der Waals surface area contributed by atoms with Gasteiger partial charge in [0.15, 0.2) is 5.65 Å². The first-order valence-electron chi connectivity index (χ1n) is 3.21. The number of hydrogen-bond donors (Lipinski definition) is 0. The monoisotopic (exact) mass is 211 g/mol. The van der Waals surface area contributed by atoms with Crippen molar-refractivity contribution in [3.05, 3.63) is 22.9 Å². The van der Waals surface area contributed by atoms with Crippen molar-refractivity contribution >= 4 is 27.0 Å². The smallest absolute Gasteiger partial charge is 0.162 e. The van der Waals surface area contributed by atoms with Gasteiger partial charge in [-0.25, -0.2) is 0 Å². The van der Waals surface area contributed by atoms with Gasteiger partial charge in [-0.2, -0.15) is 0 Å². The molecule has 56 valence electrons. The Morgan fingerprint density at radius 3 is 3.09 bits per heavy atom. The van der Waals surface area contributed by atoms with E-state index in [2.05, 4.69) is 26.1 Å². The van der Waals surface area contributed by atoms with Crippen LogP contribution >= 0.6 is 15.9 Å². The molecule has 0 bridgehead atoms. The zero-order valence-electron chi connectivity index (χ0n) is 5.95. The highest BCUT2D eigenvalue weighted by molar-refractivity contribution is 9.10. The first kappa shape index (κ1) is 6.79. The molecule has 2 rings (SSSR count). The Balaban J connectivity index is 2.86. The van der Waals surface area contributed by atoms with Crippen LogP contribution in [0.4, 0.5) is 0 Å². The van der Waals surface area contributed by atoms with Crippen LogP contribution in [0.2, 0.25) is 0 Å². The van der Waals surface area contributed by atoms with Crippen molar-refractivity contribution < 1.29 is 0 Å². The minimum Gasteiger partial charge on any atom is -0.334 e. The molecule has 0 radical (unpaired) electrons. The van der Waals surface area contributed by atoms with Crippen LogP contribution in [0.25, 0.3) is 11.0 Å². The highest BCUT2D eigenvalue weighted by Gasteiger charge is 1.99. The van der Waals surface area contributed by atoms with Crippen molar-refractivity contribution in [2.45, 2.75) is 0 Å². The first-order valence-corrected chi connectivity index (χ1v) is 4.01. The van der Waals surface area contributed by atoms with Gasteiger partial charge < -0.3 is 4.57 Å². The van der Waals surface area contributed by atoms with Gasteiger partial charge in [0.05, 0.1) is 0 Å². The van der Waals surface area contributed by atoms with Crippen LogP contribution in [0.3, 0.4) is 0 Å². The van der Waals surface area contributed by atoms with Crippen molar-refractivity contribution in [1.29, 1.82) is 0 Å². The molecule has 0 saturated heterocycles. The third kappa shape index (κ3) is 1.03. The van der Waals surface area contributed by atoms with Crippen molar-refractivity contribution in [3.8, 4) is 0 Å². The summed E-state index contributed by atoms with van der Waals surface area (Å²) in [6.07, 6.45) is 1.96. The van der Waals surface area contributed by atoms with Gasteiger partial charge in [-0.3, -0.25) is 0 Å². The lowest BCUT2D eigenvalue weighted by molar-refractivity contribution is 0.912. The Morgan fingerprint density at radius 2 is 2.27 bits per heavy atom. The molecule has 0 aliphatic rings. The summed E-state index contributed by atoms with van der Waals surface area (Å²) in [6, 6.07) is 3.96. The Kier molecular flexibility index (Phi) is 1.42. The largest absolute Gasteiger partial charge is 0.334 e. The van der Waals surface area contributed by atoms with Crippen molar-refractivity contribution in [1.82, 2.24) is 14.8 Å². The van der Waals surface area contributed by atoms with Crippen LogP contribution in [0, 0.1) is 0 Å². The van der Waals surface area contributed by atoms with Gasteiger partial charge in [0.2, 0.25) is 0 Å². The second kappa shape index (κ2) is 2.30. The van der Waals surface area contributed by atoms with E-state index in [1.807, 2.05) is 29.9 Å². The quantitative estimate of drug-likeness (QED) is 0.665. The average Bonchev–Trinajstić information content (AvgIpc) is 2.32. The maximum absolute atomic E-state index is 4.01. The van der Waals surface area contributed by atoms with Crippen LogP contribution in [-0.2, 0) is 7.05 Å². The number of aromatic nitrogens is 3. The maximum atomic E-state index is 4.01. The molecule has 0 amide bonds. The SMILES string of the molecule is Cn1ccc2cc(Br)nnc21. The zero-order valence-corrected chi connectivity index (χ0v) is 7.54. The number of rotatable bonds is 0. The summed E-state index contributed by atoms with van der Waals surface area (Å²) in [5, 5.41) is 9.00. The Morgan fingerprint density at radius 1 is 1.45 bits per heavy atom. The van der Waals surface area contributed by atoms with Gasteiger partial charge in [0.25, 0.3) is 0 Å². The van der Waals surface area contributed by atoms with E-state index in [4.69, 9.17) is 0 Å². The fourth-order valence-electron chi connectivity index (χ4n) is 1.03. The summed E-state index contributed by atoms with van der Waals surface area (Å²) in [4.78, 5) is 0. The molecule has 0 aliphatic heterocycles. The van der Waals surface area contributed by atoms with Crippen molar-refractivity contribution in [3.63, 3.8) is 0 Å². The Hall–Kier alpha value is -0.900. The molecule has 0 N–H and O–H groups in total. The minimum atomic E-state index is 0.774. The Labute approximate surface area is 72.2 Å². The molecular weight excluding hydrogens is 206 g/mol. The van der Waals surface area contributed by atoms with E-state index in [1.54, 1.807) is 0 Å². The van der Waals surface area contributed by atoms with E-state index in [0.717, 1.165) is 15.6 Å². The molecule has 0 saturated carbocycles. The van der Waals surface area contributed by atoms with Gasteiger partial charge in [-0.1, -0.05) is 0 Å². The molecular formula is C7H6BrN3. The summed E-state index contributed by atoms with van der Waals surface area (Å²) in [6.45, 7) is 0. The molecule has 3 nitrogen and oxygen atoms in total. The number of fused-ring (bicyclic) bond motifs is 1. The predicted molar refractivity (Wildman–Crippen MR) is 46.2 cm³/mol. The molecule has 0 atom stereocenters. The number of halogens is 1. The maximum Gasteiger partial charge on any atom is 0.162 e. The van der Waals surface area contributed by atoms with Crippen molar-refractivity contribution in [2.75, 3.05) is 0 Å². The topological polar surface area (TPSA) is 30.7 Å². The third-order valence-corrected chi connectivity index (χ3v) is 1.97. The van der Waals surface area contributed by atoms with Gasteiger partial charge in [0.1, 0.15) is 4.60 Å². The lowest BCUT2D eigenvalue weighted by Crippen LogP contribution is -1.89. The van der Waals surface area contributed by atoms with Crippen molar-refractivity contribution in [2.24, 2.45) is 7.05 Å². The highest BCUT2D eigenvalue weighted by Crippen LogP contribution is 2.14. The molecule has 0 spiro atoms. The Bertz CT molecular complexity index is 393. The second-order valence-corrected chi connectivity index (χ2v) is 3.19. The van der Waals surface area contributed by atoms with E-state index in [-0.39, 0.29) is 0 Å². The number of aryl methyl sites for hydroxylation is 1. The van der Waals surface area contributed by atoms with Gasteiger partial charge in [-0.05, 0) is 28.1 Å². The van der Waals surface area contributed by atoms with E-state index in [1.165, 1.54) is 0 Å². The van der Waals surface area contributed by atoms with E-state index >= 15 is 0 Å².